The molecule has 0 unspecified atom stereocenters. The number of amides is 2. The van der Waals surface area contributed by atoms with Gasteiger partial charge < -0.3 is 10.1 Å². The molecule has 5 heteroatoms. The van der Waals surface area contributed by atoms with Gasteiger partial charge in [0.05, 0.1) is 6.54 Å². The van der Waals surface area contributed by atoms with Crippen molar-refractivity contribution >= 4 is 23.9 Å². The Morgan fingerprint density at radius 3 is 3.00 bits per heavy atom. The molecular formula is C10H10N2O3. The molecule has 1 aliphatic rings. The zero-order valence-corrected chi connectivity index (χ0v) is 7.97. The maximum absolute atomic E-state index is 11.3. The number of hydrogen-bond acceptors (Lipinski definition) is 3. The second-order valence-corrected chi connectivity index (χ2v) is 3.08. The molecule has 2 rings (SSSR count). The number of cyclic esters (lactones) is 1. The van der Waals surface area contributed by atoms with E-state index in [9.17, 15) is 9.59 Å². The van der Waals surface area contributed by atoms with Crippen LogP contribution in [0.3, 0.4) is 0 Å². The number of benzene rings is 1. The third-order valence-electron chi connectivity index (χ3n) is 2.14. The first kappa shape index (κ1) is 9.51. The number of nitrogens with one attached hydrogen (secondary N) is 1. The standard InChI is InChI=1S/C10H10N2O3/c13-7-11-8-2-1-3-9(6-8)12-4-5-15-10(12)14/h1-3,6-7H,4-5H2,(H,11,13). The molecular weight excluding hydrogens is 196 g/mol. The van der Waals surface area contributed by atoms with Crippen LogP contribution >= 0.6 is 0 Å². The number of carbonyl (C=O) groups excluding carboxylic acids is 2. The molecule has 1 saturated heterocycles. The summed E-state index contributed by atoms with van der Waals surface area (Å²) in [4.78, 5) is 23.0. The summed E-state index contributed by atoms with van der Waals surface area (Å²) in [7, 11) is 0. The Hall–Kier alpha value is -2.04. The smallest absolute Gasteiger partial charge is 0.414 e. The van der Waals surface area contributed by atoms with E-state index in [4.69, 9.17) is 4.74 Å². The van der Waals surface area contributed by atoms with Gasteiger partial charge in [0.2, 0.25) is 6.41 Å². The summed E-state index contributed by atoms with van der Waals surface area (Å²) in [6.07, 6.45) is 0.250. The van der Waals surface area contributed by atoms with Crippen molar-refractivity contribution in [3.63, 3.8) is 0 Å². The highest BCUT2D eigenvalue weighted by Gasteiger charge is 2.23. The van der Waals surface area contributed by atoms with Gasteiger partial charge in [-0.1, -0.05) is 6.07 Å². The van der Waals surface area contributed by atoms with Crippen molar-refractivity contribution in [1.82, 2.24) is 0 Å². The second kappa shape index (κ2) is 4.00. The second-order valence-electron chi connectivity index (χ2n) is 3.08. The van der Waals surface area contributed by atoms with Crippen LogP contribution in [0.2, 0.25) is 0 Å². The lowest BCUT2D eigenvalue weighted by Gasteiger charge is -2.13. The number of rotatable bonds is 3. The first-order valence-corrected chi connectivity index (χ1v) is 4.56. The van der Waals surface area contributed by atoms with E-state index in [-0.39, 0.29) is 6.09 Å². The molecule has 0 saturated carbocycles. The Kier molecular flexibility index (Phi) is 2.53. The lowest BCUT2D eigenvalue weighted by atomic mass is 10.2. The molecule has 5 nitrogen and oxygen atoms in total. The zero-order valence-electron chi connectivity index (χ0n) is 7.97. The monoisotopic (exact) mass is 206 g/mol. The van der Waals surface area contributed by atoms with Crippen molar-refractivity contribution in [3.8, 4) is 0 Å². The van der Waals surface area contributed by atoms with Crippen molar-refractivity contribution in [2.45, 2.75) is 0 Å². The van der Waals surface area contributed by atoms with E-state index in [1.807, 2.05) is 0 Å². The van der Waals surface area contributed by atoms with E-state index in [2.05, 4.69) is 5.32 Å². The van der Waals surface area contributed by atoms with Crippen molar-refractivity contribution in [2.24, 2.45) is 0 Å². The van der Waals surface area contributed by atoms with Crippen molar-refractivity contribution in [2.75, 3.05) is 23.4 Å². The molecule has 0 bridgehead atoms. The fourth-order valence-corrected chi connectivity index (χ4v) is 1.46. The number of hydrogen-bond donors (Lipinski definition) is 1. The summed E-state index contributed by atoms with van der Waals surface area (Å²) in [5.74, 6) is 0. The average Bonchev–Trinajstić information content (AvgIpc) is 2.65. The fraction of sp³-hybridized carbons (Fsp3) is 0.200. The van der Waals surface area contributed by atoms with Crippen LogP contribution in [-0.2, 0) is 9.53 Å². The van der Waals surface area contributed by atoms with Crippen molar-refractivity contribution in [1.29, 1.82) is 0 Å². The molecule has 1 fully saturated rings. The highest BCUT2D eigenvalue weighted by molar-refractivity contribution is 5.90. The van der Waals surface area contributed by atoms with Gasteiger partial charge in [0.1, 0.15) is 6.61 Å². The quantitative estimate of drug-likeness (QED) is 0.756. The minimum absolute atomic E-state index is 0.349. The van der Waals surface area contributed by atoms with E-state index in [0.717, 1.165) is 5.69 Å². The minimum Gasteiger partial charge on any atom is -0.447 e. The zero-order chi connectivity index (χ0) is 10.7. The van der Waals surface area contributed by atoms with E-state index < -0.39 is 0 Å². The molecule has 78 valence electrons. The van der Waals surface area contributed by atoms with E-state index >= 15 is 0 Å². The Labute approximate surface area is 86.6 Å². The molecule has 15 heavy (non-hydrogen) atoms. The summed E-state index contributed by atoms with van der Waals surface area (Å²) in [5, 5.41) is 2.53. The first-order chi connectivity index (χ1) is 7.31. The fourth-order valence-electron chi connectivity index (χ4n) is 1.46. The predicted octanol–water partition coefficient (Wildman–Crippen LogP) is 1.21. The summed E-state index contributed by atoms with van der Waals surface area (Å²) < 4.78 is 4.82. The van der Waals surface area contributed by atoms with Gasteiger partial charge in [0.25, 0.3) is 0 Å². The third-order valence-corrected chi connectivity index (χ3v) is 2.14. The largest absolute Gasteiger partial charge is 0.447 e. The third kappa shape index (κ3) is 1.90. The molecule has 1 aromatic carbocycles. The highest BCUT2D eigenvalue weighted by atomic mass is 16.6. The van der Waals surface area contributed by atoms with Crippen molar-refractivity contribution in [3.05, 3.63) is 24.3 Å². The maximum atomic E-state index is 11.3. The summed E-state index contributed by atoms with van der Waals surface area (Å²) in [6.45, 7) is 0.952. The minimum atomic E-state index is -0.349. The Morgan fingerprint density at radius 2 is 2.33 bits per heavy atom. The SMILES string of the molecule is O=CNc1cccc(N2CCOC2=O)c1. The van der Waals surface area contributed by atoms with E-state index in [1.54, 1.807) is 24.3 Å². The van der Waals surface area contributed by atoms with Crippen LogP contribution < -0.4 is 10.2 Å². The Morgan fingerprint density at radius 1 is 1.47 bits per heavy atom. The number of carbonyl (C=O) groups is 2. The van der Waals surface area contributed by atoms with Crippen LogP contribution in [0.4, 0.5) is 16.2 Å². The van der Waals surface area contributed by atoms with E-state index in [0.29, 0.717) is 25.2 Å². The summed E-state index contributed by atoms with van der Waals surface area (Å²) in [6, 6.07) is 7.04. The molecule has 1 N–H and O–H groups in total. The van der Waals surface area contributed by atoms with Crippen LogP contribution in [0.25, 0.3) is 0 Å². The predicted molar refractivity (Wildman–Crippen MR) is 54.8 cm³/mol. The van der Waals surface area contributed by atoms with Gasteiger partial charge in [-0.2, -0.15) is 0 Å². The first-order valence-electron chi connectivity index (χ1n) is 4.56. The van der Waals surface area contributed by atoms with Crippen LogP contribution in [-0.4, -0.2) is 25.7 Å². The molecule has 1 aromatic rings. The normalized spacial score (nSPS) is 14.9. The van der Waals surface area contributed by atoms with Crippen molar-refractivity contribution < 1.29 is 14.3 Å². The van der Waals surface area contributed by atoms with Crippen LogP contribution in [0.15, 0.2) is 24.3 Å². The lowest BCUT2D eigenvalue weighted by Crippen LogP contribution is -2.23. The van der Waals surface area contributed by atoms with Crippen LogP contribution in [0.5, 0.6) is 0 Å². The van der Waals surface area contributed by atoms with Gasteiger partial charge in [0, 0.05) is 11.4 Å². The number of nitrogens with zero attached hydrogens (tertiary/aromatic N) is 1. The molecule has 0 aliphatic carbocycles. The van der Waals surface area contributed by atoms with Gasteiger partial charge in [-0.25, -0.2) is 4.79 Å². The summed E-state index contributed by atoms with van der Waals surface area (Å²) in [5.41, 5.74) is 1.38. The molecule has 1 heterocycles. The van der Waals surface area contributed by atoms with Gasteiger partial charge in [-0.05, 0) is 18.2 Å². The highest BCUT2D eigenvalue weighted by Crippen LogP contribution is 2.21. The molecule has 0 radical (unpaired) electrons. The molecule has 0 atom stereocenters. The van der Waals surface area contributed by atoms with Crippen LogP contribution in [0.1, 0.15) is 0 Å². The van der Waals surface area contributed by atoms with Gasteiger partial charge in [-0.15, -0.1) is 0 Å². The van der Waals surface area contributed by atoms with Gasteiger partial charge in [-0.3, -0.25) is 9.69 Å². The number of ether oxygens (including phenoxy) is 1. The molecule has 2 amide bonds. The van der Waals surface area contributed by atoms with Gasteiger partial charge >= 0.3 is 6.09 Å². The molecule has 1 aliphatic heterocycles. The average molecular weight is 206 g/mol. The van der Waals surface area contributed by atoms with E-state index in [1.165, 1.54) is 4.90 Å². The summed E-state index contributed by atoms with van der Waals surface area (Å²) >= 11 is 0. The topological polar surface area (TPSA) is 58.6 Å². The van der Waals surface area contributed by atoms with Crippen LogP contribution in [0, 0.1) is 0 Å². The Bertz CT molecular complexity index is 392. The molecule has 0 spiro atoms. The number of anilines is 2. The lowest BCUT2D eigenvalue weighted by molar-refractivity contribution is -0.105. The maximum Gasteiger partial charge on any atom is 0.414 e. The van der Waals surface area contributed by atoms with Gasteiger partial charge in [0.15, 0.2) is 0 Å². The Balaban J connectivity index is 2.23. The molecule has 0 aromatic heterocycles.